The lowest BCUT2D eigenvalue weighted by atomic mass is 9.83. The monoisotopic (exact) mass is 1070 g/mol. The summed E-state index contributed by atoms with van der Waals surface area (Å²) in [7, 11) is 6.13. The zero-order valence-corrected chi connectivity index (χ0v) is 44.2. The summed E-state index contributed by atoms with van der Waals surface area (Å²) in [4.78, 5) is 75.1. The molecule has 2 aliphatic rings. The van der Waals surface area contributed by atoms with Gasteiger partial charge in [0.1, 0.15) is 54.0 Å². The molecule has 8 rings (SSSR count). The molecule has 2 atom stereocenters. The molecule has 2 aliphatic carbocycles. The van der Waals surface area contributed by atoms with Crippen molar-refractivity contribution in [3.63, 3.8) is 0 Å². The lowest BCUT2D eigenvalue weighted by molar-refractivity contribution is -0.138. The lowest BCUT2D eigenvalue weighted by Gasteiger charge is -2.29. The van der Waals surface area contributed by atoms with Crippen LogP contribution >= 0.6 is 0 Å². The Morgan fingerprint density at radius 2 is 0.897 bits per heavy atom. The molecule has 2 heterocycles. The number of methoxy groups -OCH3 is 4. The van der Waals surface area contributed by atoms with Crippen molar-refractivity contribution >= 4 is 35.6 Å². The average molecular weight is 1070 g/mol. The van der Waals surface area contributed by atoms with Gasteiger partial charge in [-0.3, -0.25) is 28.8 Å². The number of nitrogens with zero attached hydrogens (tertiary/aromatic N) is 4. The third-order valence-corrected chi connectivity index (χ3v) is 13.8. The van der Waals surface area contributed by atoms with Crippen molar-refractivity contribution in [2.24, 2.45) is 11.8 Å². The number of halogens is 1. The maximum atomic E-state index is 13.7. The number of amides is 4. The molecule has 0 radical (unpaired) electrons. The number of aromatic nitrogens is 4. The molecule has 2 saturated carbocycles. The smallest absolute Gasteiger partial charge is 0.322 e. The highest BCUT2D eigenvalue weighted by Crippen LogP contribution is 2.41. The van der Waals surface area contributed by atoms with Gasteiger partial charge in [-0.15, -0.1) is 0 Å². The number of aryl methyl sites for hydroxylation is 1. The van der Waals surface area contributed by atoms with Crippen molar-refractivity contribution < 1.29 is 62.3 Å². The minimum atomic E-state index is -1.18. The largest absolute Gasteiger partial charge is 0.496 e. The van der Waals surface area contributed by atoms with E-state index in [-0.39, 0.29) is 23.2 Å². The van der Waals surface area contributed by atoms with Gasteiger partial charge in [-0.2, -0.15) is 10.2 Å². The first-order chi connectivity index (χ1) is 37.6. The van der Waals surface area contributed by atoms with Gasteiger partial charge < -0.3 is 50.4 Å². The van der Waals surface area contributed by atoms with Crippen LogP contribution in [-0.4, -0.2) is 119 Å². The molecule has 2 aromatic heterocycles. The van der Waals surface area contributed by atoms with E-state index in [1.807, 2.05) is 37.3 Å². The Bertz CT molecular complexity index is 2820. The fourth-order valence-corrected chi connectivity index (χ4v) is 9.92. The Morgan fingerprint density at radius 3 is 1.23 bits per heavy atom. The molecule has 0 spiro atoms. The van der Waals surface area contributed by atoms with Crippen molar-refractivity contribution in [2.75, 3.05) is 41.5 Å². The fourth-order valence-electron chi connectivity index (χ4n) is 9.92. The second kappa shape index (κ2) is 26.8. The lowest BCUT2D eigenvalue weighted by Crippen LogP contribution is -2.52. The third kappa shape index (κ3) is 14.0. The van der Waals surface area contributed by atoms with Crippen LogP contribution in [0.25, 0.3) is 33.9 Å². The normalized spacial score (nSPS) is 14.3. The van der Waals surface area contributed by atoms with E-state index in [4.69, 9.17) is 29.2 Å². The van der Waals surface area contributed by atoms with E-state index < -0.39 is 66.6 Å². The van der Waals surface area contributed by atoms with Crippen LogP contribution in [0.5, 0.6) is 23.0 Å². The summed E-state index contributed by atoms with van der Waals surface area (Å²) in [6.07, 6.45) is 8.85. The number of nitrogens with one attached hydrogen (secondary N) is 4. The van der Waals surface area contributed by atoms with E-state index in [0.717, 1.165) is 75.5 Å². The van der Waals surface area contributed by atoms with Crippen LogP contribution in [0.4, 0.5) is 4.39 Å². The number of ether oxygens (including phenoxy) is 4. The maximum Gasteiger partial charge on any atom is 0.322 e. The van der Waals surface area contributed by atoms with Crippen molar-refractivity contribution in [3.05, 3.63) is 120 Å². The Hall–Kier alpha value is -8.75. The van der Waals surface area contributed by atoms with E-state index >= 15 is 0 Å². The predicted octanol–water partition coefficient (Wildman–Crippen LogP) is 7.32. The number of carboxylic acids is 2. The standard InChI is InChI=1S/C29H34N4O6.C28H31FN4O6/c1-18-12-14-20(15-13-18)33-22(26-23(38-2)10-7-11-24(26)39-3)16-21(32-33)28(36)31-27(19-8-5-4-6-9-19)29(37)30-17-25(34)35;1-38-22-9-6-10-23(39-2)25(22)21-15-20(32-33(21)19-13-11-18(29)12-14-19)27(36)31-26(17-7-4-3-5-8-17)28(37)30-16-24(34)35/h7,10-16,19,27H,4-6,8-9,17H2,1-3H3,(H,30,37)(H,31,36)(H,34,35);6,9-15,17,26H,3-5,7-8,16H2,1-2H3,(H,30,37)(H,31,36)(H,34,35)/t27-;26-/m00/s1. The highest BCUT2D eigenvalue weighted by Gasteiger charge is 2.35. The summed E-state index contributed by atoms with van der Waals surface area (Å²) in [5.74, 6) is -3.15. The number of hydrogen-bond donors (Lipinski definition) is 6. The molecule has 0 saturated heterocycles. The van der Waals surface area contributed by atoms with Gasteiger partial charge in [-0.1, -0.05) is 68.4 Å². The van der Waals surface area contributed by atoms with Crippen LogP contribution < -0.4 is 40.2 Å². The second-order valence-corrected chi connectivity index (χ2v) is 19.0. The van der Waals surface area contributed by atoms with Gasteiger partial charge in [0.25, 0.3) is 11.8 Å². The van der Waals surface area contributed by atoms with E-state index in [9.17, 15) is 33.2 Å². The maximum absolute atomic E-state index is 13.7. The number of benzene rings is 4. The summed E-state index contributed by atoms with van der Waals surface area (Å²) >= 11 is 0. The Labute approximate surface area is 450 Å². The number of carbonyl (C=O) groups excluding carboxylic acids is 4. The molecule has 0 aliphatic heterocycles. The quantitative estimate of drug-likeness (QED) is 0.0438. The molecule has 4 aromatic carbocycles. The molecule has 21 heteroatoms. The van der Waals surface area contributed by atoms with Gasteiger partial charge in [0.15, 0.2) is 11.4 Å². The van der Waals surface area contributed by atoms with Crippen molar-refractivity contribution in [1.82, 2.24) is 40.8 Å². The van der Waals surface area contributed by atoms with Crippen LogP contribution in [0.15, 0.2) is 97.1 Å². The molecular weight excluding hydrogens is 1010 g/mol. The summed E-state index contributed by atoms with van der Waals surface area (Å²) in [6, 6.07) is 25.4. The molecular formula is C57H65FN8O12. The molecule has 412 valence electrons. The topological polar surface area (TPSA) is 264 Å². The zero-order chi connectivity index (χ0) is 55.9. The van der Waals surface area contributed by atoms with Crippen LogP contribution in [0, 0.1) is 24.6 Å². The fraction of sp³-hybridized carbons (Fsp3) is 0.368. The van der Waals surface area contributed by atoms with Crippen molar-refractivity contribution in [3.8, 4) is 56.9 Å². The molecule has 20 nitrogen and oxygen atoms in total. The van der Waals surface area contributed by atoms with Crippen LogP contribution in [0.2, 0.25) is 0 Å². The van der Waals surface area contributed by atoms with Gasteiger partial charge in [0.2, 0.25) is 11.8 Å². The van der Waals surface area contributed by atoms with Crippen LogP contribution in [0.3, 0.4) is 0 Å². The Kier molecular flexibility index (Phi) is 19.6. The molecule has 4 amide bonds. The van der Waals surface area contributed by atoms with Gasteiger partial charge in [0.05, 0.1) is 62.3 Å². The van der Waals surface area contributed by atoms with Crippen LogP contribution in [0.1, 0.15) is 90.7 Å². The minimum Gasteiger partial charge on any atom is -0.496 e. The first-order valence-electron chi connectivity index (χ1n) is 25.7. The van der Waals surface area contributed by atoms with Gasteiger partial charge >= 0.3 is 11.9 Å². The molecule has 0 bridgehead atoms. The molecule has 78 heavy (non-hydrogen) atoms. The number of rotatable bonds is 20. The van der Waals surface area contributed by atoms with Gasteiger partial charge in [-0.25, -0.2) is 13.8 Å². The van der Waals surface area contributed by atoms with E-state index in [1.54, 1.807) is 61.4 Å². The third-order valence-electron chi connectivity index (χ3n) is 13.8. The van der Waals surface area contributed by atoms with Gasteiger partial charge in [-0.05, 0) is 117 Å². The summed E-state index contributed by atoms with van der Waals surface area (Å²) in [5, 5.41) is 37.7. The van der Waals surface area contributed by atoms with E-state index in [2.05, 4.69) is 31.5 Å². The summed E-state index contributed by atoms with van der Waals surface area (Å²) in [5.41, 5.74) is 4.57. The molecule has 6 N–H and O–H groups in total. The predicted molar refractivity (Wildman–Crippen MR) is 286 cm³/mol. The number of carboxylic acid groups (broad SMARTS) is 2. The Balaban J connectivity index is 0.000000226. The SMILES string of the molecule is COc1cccc(OC)c1-c1cc(C(=O)N[C@H](C(=O)NCC(=O)O)C2CCCCC2)nn1-c1ccc(C)cc1.COc1cccc(OC)c1-c1cc(C(=O)N[C@H](C(=O)NCC(=O)O)C2CCCCC2)nn1-c1ccc(F)cc1. The van der Waals surface area contributed by atoms with Crippen molar-refractivity contribution in [2.45, 2.75) is 83.2 Å². The minimum absolute atomic E-state index is 0.00845. The highest BCUT2D eigenvalue weighted by molar-refractivity contribution is 5.99. The Morgan fingerprint density at radius 1 is 0.551 bits per heavy atom. The van der Waals surface area contributed by atoms with E-state index in [0.29, 0.717) is 51.2 Å². The first kappa shape index (κ1) is 57.0. The number of carbonyl (C=O) groups is 6. The number of hydrogen-bond acceptors (Lipinski definition) is 12. The van der Waals surface area contributed by atoms with E-state index in [1.165, 1.54) is 43.2 Å². The zero-order valence-electron chi connectivity index (χ0n) is 44.2. The highest BCUT2D eigenvalue weighted by atomic mass is 19.1. The second-order valence-electron chi connectivity index (χ2n) is 19.0. The summed E-state index contributed by atoms with van der Waals surface area (Å²) < 4.78 is 39.2. The summed E-state index contributed by atoms with van der Waals surface area (Å²) in [6.45, 7) is 0.920. The number of aliphatic carboxylic acids is 2. The molecule has 0 unspecified atom stereocenters. The first-order valence-corrected chi connectivity index (χ1v) is 25.7. The average Bonchev–Trinajstić information content (AvgIpc) is 4.12. The molecule has 6 aromatic rings. The van der Waals surface area contributed by atoms with Gasteiger partial charge in [0, 0.05) is 0 Å². The molecule has 2 fully saturated rings. The van der Waals surface area contributed by atoms with Crippen LogP contribution in [-0.2, 0) is 19.2 Å². The van der Waals surface area contributed by atoms with Crippen molar-refractivity contribution in [1.29, 1.82) is 0 Å².